The number of rotatable bonds is 1. The second-order valence-corrected chi connectivity index (χ2v) is 6.77. The highest BCUT2D eigenvalue weighted by atomic mass is 35.5. The van der Waals surface area contributed by atoms with Gasteiger partial charge in [-0.25, -0.2) is 4.90 Å². The molecule has 3 nitrogen and oxygen atoms in total. The molecule has 5 heteroatoms. The van der Waals surface area contributed by atoms with Crippen molar-refractivity contribution in [1.82, 2.24) is 0 Å². The van der Waals surface area contributed by atoms with Crippen LogP contribution >= 0.6 is 23.2 Å². The Kier molecular flexibility index (Phi) is 2.92. The Bertz CT molecular complexity index is 653. The van der Waals surface area contributed by atoms with Crippen LogP contribution in [0.5, 0.6) is 0 Å². The standard InChI is InChI=1S/C16H13Cl2NO2/c17-11-6-5-10(7-12(11)18)19-15(20)13-8-1-2-9(4-3-8)14(13)16(19)21/h1-2,5-9,13-14H,3-4H2/t8-,9-,13-,14-/m0/s1. The van der Waals surface area contributed by atoms with Crippen LogP contribution in [-0.4, -0.2) is 11.8 Å². The molecule has 108 valence electrons. The molecule has 0 aromatic heterocycles. The fourth-order valence-electron chi connectivity index (χ4n) is 3.95. The van der Waals surface area contributed by atoms with Crippen molar-refractivity contribution in [3.63, 3.8) is 0 Å². The van der Waals surface area contributed by atoms with Gasteiger partial charge in [-0.05, 0) is 42.9 Å². The number of carbonyl (C=O) groups excluding carboxylic acids is 2. The molecule has 2 amide bonds. The first-order chi connectivity index (χ1) is 10.1. The van der Waals surface area contributed by atoms with Crippen LogP contribution in [0.1, 0.15) is 12.8 Å². The van der Waals surface area contributed by atoms with Crippen molar-refractivity contribution < 1.29 is 9.59 Å². The number of halogens is 2. The lowest BCUT2D eigenvalue weighted by Crippen LogP contribution is -2.38. The number of fused-ring (bicyclic) bond motifs is 1. The summed E-state index contributed by atoms with van der Waals surface area (Å²) in [5.41, 5.74) is 0.521. The van der Waals surface area contributed by atoms with Crippen LogP contribution in [0.25, 0.3) is 0 Å². The monoisotopic (exact) mass is 321 g/mol. The summed E-state index contributed by atoms with van der Waals surface area (Å²) in [5, 5.41) is 0.768. The number of amides is 2. The normalized spacial score (nSPS) is 33.7. The van der Waals surface area contributed by atoms with Gasteiger partial charge in [0.25, 0.3) is 0 Å². The predicted molar refractivity (Wildman–Crippen MR) is 81.3 cm³/mol. The van der Waals surface area contributed by atoms with Gasteiger partial charge in [-0.15, -0.1) is 0 Å². The summed E-state index contributed by atoms with van der Waals surface area (Å²) >= 11 is 11.9. The van der Waals surface area contributed by atoms with Crippen molar-refractivity contribution in [1.29, 1.82) is 0 Å². The Hall–Kier alpha value is -1.32. The maximum atomic E-state index is 12.7. The second kappa shape index (κ2) is 4.59. The van der Waals surface area contributed by atoms with E-state index in [1.807, 2.05) is 0 Å². The summed E-state index contributed by atoms with van der Waals surface area (Å²) in [6, 6.07) is 4.89. The van der Waals surface area contributed by atoms with Gasteiger partial charge in [0.05, 0.1) is 27.6 Å². The lowest BCUT2D eigenvalue weighted by molar-refractivity contribution is -0.124. The van der Waals surface area contributed by atoms with E-state index in [1.54, 1.807) is 18.2 Å². The second-order valence-electron chi connectivity index (χ2n) is 5.95. The van der Waals surface area contributed by atoms with E-state index in [0.717, 1.165) is 12.8 Å². The largest absolute Gasteiger partial charge is 0.274 e. The highest BCUT2D eigenvalue weighted by Gasteiger charge is 2.56. The average molecular weight is 322 g/mol. The Balaban J connectivity index is 1.76. The maximum Gasteiger partial charge on any atom is 0.238 e. The van der Waals surface area contributed by atoms with E-state index in [-0.39, 0.29) is 35.5 Å². The van der Waals surface area contributed by atoms with Crippen LogP contribution in [0.3, 0.4) is 0 Å². The first-order valence-corrected chi connectivity index (χ1v) is 7.84. The highest BCUT2D eigenvalue weighted by molar-refractivity contribution is 6.42. The molecular weight excluding hydrogens is 309 g/mol. The van der Waals surface area contributed by atoms with E-state index >= 15 is 0 Å². The molecule has 2 fully saturated rings. The smallest absolute Gasteiger partial charge is 0.238 e. The third kappa shape index (κ3) is 1.80. The number of imide groups is 1. The fraction of sp³-hybridized carbons (Fsp3) is 0.375. The lowest BCUT2D eigenvalue weighted by Gasteiger charge is -2.38. The molecule has 3 aliphatic carbocycles. The van der Waals surface area contributed by atoms with Crippen LogP contribution in [0.15, 0.2) is 30.4 Å². The van der Waals surface area contributed by atoms with Crippen molar-refractivity contribution in [2.75, 3.05) is 4.90 Å². The predicted octanol–water partition coefficient (Wildman–Crippen LogP) is 3.70. The molecule has 2 bridgehead atoms. The van der Waals surface area contributed by atoms with E-state index in [1.165, 1.54) is 4.90 Å². The Morgan fingerprint density at radius 1 is 0.905 bits per heavy atom. The van der Waals surface area contributed by atoms with Crippen LogP contribution in [-0.2, 0) is 9.59 Å². The maximum absolute atomic E-state index is 12.7. The minimum Gasteiger partial charge on any atom is -0.274 e. The van der Waals surface area contributed by atoms with Crippen molar-refractivity contribution >= 4 is 40.7 Å². The number of hydrogen-bond donors (Lipinski definition) is 0. The third-order valence-corrected chi connectivity index (χ3v) is 5.66. The molecule has 4 atom stereocenters. The zero-order valence-electron chi connectivity index (χ0n) is 11.1. The van der Waals surface area contributed by atoms with Crippen molar-refractivity contribution in [3.8, 4) is 0 Å². The number of hydrogen-bond acceptors (Lipinski definition) is 2. The number of allylic oxidation sites excluding steroid dienone is 2. The van der Waals surface area contributed by atoms with E-state index in [0.29, 0.717) is 15.7 Å². The van der Waals surface area contributed by atoms with E-state index in [2.05, 4.69) is 12.2 Å². The number of benzene rings is 1. The van der Waals surface area contributed by atoms with Gasteiger partial charge in [0.1, 0.15) is 0 Å². The molecule has 1 heterocycles. The van der Waals surface area contributed by atoms with Crippen molar-refractivity contribution in [2.24, 2.45) is 23.7 Å². The topological polar surface area (TPSA) is 37.4 Å². The zero-order valence-corrected chi connectivity index (χ0v) is 12.6. The molecule has 1 aromatic carbocycles. The van der Waals surface area contributed by atoms with Crippen LogP contribution < -0.4 is 4.90 Å². The zero-order chi connectivity index (χ0) is 14.7. The van der Waals surface area contributed by atoms with Crippen molar-refractivity contribution in [3.05, 3.63) is 40.4 Å². The lowest BCUT2D eigenvalue weighted by atomic mass is 9.63. The number of nitrogens with zero attached hydrogens (tertiary/aromatic N) is 1. The molecule has 1 saturated heterocycles. The molecule has 4 aliphatic rings. The minimum atomic E-state index is -0.198. The molecule has 0 spiro atoms. The molecule has 1 aliphatic heterocycles. The Labute approximate surface area is 132 Å². The summed E-state index contributed by atoms with van der Waals surface area (Å²) in [6.07, 6.45) is 6.21. The van der Waals surface area contributed by atoms with Gasteiger partial charge in [0, 0.05) is 0 Å². The Morgan fingerprint density at radius 3 is 1.95 bits per heavy atom. The number of anilines is 1. The summed E-state index contributed by atoms with van der Waals surface area (Å²) < 4.78 is 0. The molecule has 0 N–H and O–H groups in total. The van der Waals surface area contributed by atoms with Gasteiger partial charge in [-0.3, -0.25) is 9.59 Å². The molecule has 0 radical (unpaired) electrons. The summed E-state index contributed by atoms with van der Waals surface area (Å²) in [6.45, 7) is 0. The SMILES string of the molecule is O=C1[C@@H]2[C@@H](C(=O)N1c1ccc(Cl)c(Cl)c1)[C@H]1C=C[C@H]2CC1. The first-order valence-electron chi connectivity index (χ1n) is 7.09. The molecule has 21 heavy (non-hydrogen) atoms. The van der Waals surface area contributed by atoms with Gasteiger partial charge >= 0.3 is 0 Å². The Morgan fingerprint density at radius 2 is 1.48 bits per heavy atom. The first kappa shape index (κ1) is 13.4. The van der Waals surface area contributed by atoms with E-state index in [9.17, 15) is 9.59 Å². The average Bonchev–Trinajstić information content (AvgIpc) is 2.78. The van der Waals surface area contributed by atoms with Crippen molar-refractivity contribution in [2.45, 2.75) is 12.8 Å². The molecular formula is C16H13Cl2NO2. The van der Waals surface area contributed by atoms with Gasteiger partial charge in [-0.2, -0.15) is 0 Å². The quantitative estimate of drug-likeness (QED) is 0.584. The minimum absolute atomic E-state index is 0.0950. The molecule has 1 aromatic rings. The van der Waals surface area contributed by atoms with Crippen LogP contribution in [0.2, 0.25) is 10.0 Å². The van der Waals surface area contributed by atoms with Gasteiger partial charge in [0.15, 0.2) is 0 Å². The van der Waals surface area contributed by atoms with Gasteiger partial charge in [-0.1, -0.05) is 35.4 Å². The summed E-state index contributed by atoms with van der Waals surface area (Å²) in [5.74, 6) is -0.190. The molecule has 5 rings (SSSR count). The molecule has 1 saturated carbocycles. The molecule has 0 unspecified atom stereocenters. The third-order valence-electron chi connectivity index (χ3n) is 4.92. The fourth-order valence-corrected chi connectivity index (χ4v) is 4.25. The van der Waals surface area contributed by atoms with Crippen LogP contribution in [0, 0.1) is 23.7 Å². The summed E-state index contributed by atoms with van der Waals surface area (Å²) in [4.78, 5) is 26.8. The van der Waals surface area contributed by atoms with Crippen LogP contribution in [0.4, 0.5) is 5.69 Å². The van der Waals surface area contributed by atoms with E-state index < -0.39 is 0 Å². The van der Waals surface area contributed by atoms with Gasteiger partial charge in [0.2, 0.25) is 11.8 Å². The number of carbonyl (C=O) groups is 2. The van der Waals surface area contributed by atoms with E-state index in [4.69, 9.17) is 23.2 Å². The van der Waals surface area contributed by atoms with Gasteiger partial charge < -0.3 is 0 Å². The summed E-state index contributed by atoms with van der Waals surface area (Å²) in [7, 11) is 0. The highest BCUT2D eigenvalue weighted by Crippen LogP contribution is 2.50.